The number of carbonyl (C=O) groups excluding carboxylic acids is 1. The number of alkyl halides is 1. The fraction of sp³-hybridized carbons (Fsp3) is 0.483. The van der Waals surface area contributed by atoms with Gasteiger partial charge < -0.3 is 14.2 Å². The van der Waals surface area contributed by atoms with E-state index in [1.807, 2.05) is 52.0 Å². The minimum Gasteiger partial charge on any atom is -0.492 e. The number of rotatable bonds is 7. The Balaban J connectivity index is 1.49. The lowest BCUT2D eigenvalue weighted by molar-refractivity contribution is -0.143. The second-order valence-corrected chi connectivity index (χ2v) is 10.4. The van der Waals surface area contributed by atoms with Crippen molar-refractivity contribution in [2.24, 2.45) is 5.41 Å². The van der Waals surface area contributed by atoms with Crippen LogP contribution in [0.4, 0.5) is 4.39 Å². The molecule has 0 aliphatic carbocycles. The quantitative estimate of drug-likeness (QED) is 0.360. The molecule has 0 bridgehead atoms. The van der Waals surface area contributed by atoms with Crippen LogP contribution >= 0.6 is 0 Å². The van der Waals surface area contributed by atoms with Crippen LogP contribution in [0.3, 0.4) is 0 Å². The van der Waals surface area contributed by atoms with Gasteiger partial charge in [0.05, 0.1) is 18.7 Å². The van der Waals surface area contributed by atoms with Gasteiger partial charge in [-0.25, -0.2) is 0 Å². The predicted molar refractivity (Wildman–Crippen MR) is 136 cm³/mol. The summed E-state index contributed by atoms with van der Waals surface area (Å²) in [4.78, 5) is 14.7. The minimum absolute atomic E-state index is 0.142. The number of nitrogens with zero attached hydrogens (tertiary/aromatic N) is 1. The summed E-state index contributed by atoms with van der Waals surface area (Å²) < 4.78 is 30.3. The molecule has 0 amide bonds. The molecule has 2 heterocycles. The third kappa shape index (κ3) is 6.23. The van der Waals surface area contributed by atoms with E-state index in [2.05, 4.69) is 23.1 Å². The van der Waals surface area contributed by atoms with E-state index in [1.165, 1.54) is 0 Å². The van der Waals surface area contributed by atoms with Crippen LogP contribution < -0.4 is 14.2 Å². The normalized spacial score (nSPS) is 18.3. The van der Waals surface area contributed by atoms with Gasteiger partial charge >= 0.3 is 5.97 Å². The third-order valence-electron chi connectivity index (χ3n) is 6.41. The van der Waals surface area contributed by atoms with Crippen molar-refractivity contribution < 1.29 is 23.4 Å². The Morgan fingerprint density at radius 3 is 2.69 bits per heavy atom. The van der Waals surface area contributed by atoms with Gasteiger partial charge in [0.25, 0.3) is 0 Å². The van der Waals surface area contributed by atoms with Gasteiger partial charge in [-0.2, -0.15) is 0 Å². The Hall–Kier alpha value is -2.86. The van der Waals surface area contributed by atoms with Crippen molar-refractivity contribution in [3.8, 4) is 17.2 Å². The molecule has 0 radical (unpaired) electrons. The smallest absolute Gasteiger partial charge is 0.316 e. The molecule has 2 aromatic rings. The van der Waals surface area contributed by atoms with Crippen LogP contribution in [0.5, 0.6) is 17.2 Å². The van der Waals surface area contributed by atoms with Gasteiger partial charge in [-0.1, -0.05) is 18.2 Å². The zero-order valence-electron chi connectivity index (χ0n) is 21.2. The number of carbonyl (C=O) groups is 1. The molecule has 5 nitrogen and oxygen atoms in total. The number of likely N-dealkylation sites (tertiary alicyclic amines) is 1. The number of ether oxygens (including phenoxy) is 3. The van der Waals surface area contributed by atoms with Crippen LogP contribution in [0.25, 0.3) is 5.57 Å². The van der Waals surface area contributed by atoms with E-state index in [0.29, 0.717) is 18.8 Å². The van der Waals surface area contributed by atoms with Crippen LogP contribution in [-0.2, 0) is 4.79 Å². The van der Waals surface area contributed by atoms with Crippen LogP contribution in [-0.4, -0.2) is 49.9 Å². The van der Waals surface area contributed by atoms with Crippen molar-refractivity contribution >= 4 is 11.5 Å². The molecule has 2 aliphatic rings. The number of hydrogen-bond acceptors (Lipinski definition) is 5. The highest BCUT2D eigenvalue weighted by molar-refractivity contribution is 5.85. The van der Waals surface area contributed by atoms with Crippen molar-refractivity contribution in [3.63, 3.8) is 0 Å². The summed E-state index contributed by atoms with van der Waals surface area (Å²) in [5.74, 6) is 1.83. The molecular weight excluding hydrogens is 445 g/mol. The van der Waals surface area contributed by atoms with Crippen LogP contribution in [0.2, 0.25) is 0 Å². The maximum atomic E-state index is 12.4. The van der Waals surface area contributed by atoms with Crippen molar-refractivity contribution in [1.82, 2.24) is 4.90 Å². The van der Waals surface area contributed by atoms with Gasteiger partial charge in [0, 0.05) is 37.7 Å². The zero-order valence-corrected chi connectivity index (χ0v) is 21.2. The molecule has 4 rings (SSSR count). The Bertz CT molecular complexity index is 1070. The van der Waals surface area contributed by atoms with Crippen molar-refractivity contribution in [2.75, 3.05) is 32.9 Å². The zero-order chi connectivity index (χ0) is 25.0. The standard InChI is InChI=1S/C29H36FNO4/c1-20-17-25-24(7-5-16-33-27(25)18-26(20)35-28(32)29(2,3)4)21-8-10-22(11-9-21)34-23-12-15-31(19-23)14-6-13-30/h7-11,17-18,23H,5-6,12-16,19H2,1-4H3/t23-/m0/s1. The average molecular weight is 482 g/mol. The molecule has 1 atom stereocenters. The minimum atomic E-state index is -0.583. The highest BCUT2D eigenvalue weighted by Crippen LogP contribution is 2.39. The van der Waals surface area contributed by atoms with Gasteiger partial charge in [0.15, 0.2) is 0 Å². The predicted octanol–water partition coefficient (Wildman–Crippen LogP) is 5.97. The molecule has 0 N–H and O–H groups in total. The fourth-order valence-electron chi connectivity index (χ4n) is 4.40. The molecule has 2 aromatic carbocycles. The lowest BCUT2D eigenvalue weighted by atomic mass is 9.94. The van der Waals surface area contributed by atoms with E-state index in [1.54, 1.807) is 0 Å². The summed E-state index contributed by atoms with van der Waals surface area (Å²) in [7, 11) is 0. The maximum Gasteiger partial charge on any atom is 0.316 e. The van der Waals surface area contributed by atoms with E-state index in [-0.39, 0.29) is 18.7 Å². The molecular formula is C29H36FNO4. The van der Waals surface area contributed by atoms with E-state index in [9.17, 15) is 9.18 Å². The number of fused-ring (bicyclic) bond motifs is 1. The third-order valence-corrected chi connectivity index (χ3v) is 6.41. The summed E-state index contributed by atoms with van der Waals surface area (Å²) in [6, 6.07) is 12.0. The number of benzene rings is 2. The molecule has 0 unspecified atom stereocenters. The van der Waals surface area contributed by atoms with Crippen LogP contribution in [0.15, 0.2) is 42.5 Å². The number of hydrogen-bond donors (Lipinski definition) is 0. The van der Waals surface area contributed by atoms with Crippen LogP contribution in [0, 0.1) is 12.3 Å². The first-order chi connectivity index (χ1) is 16.7. The van der Waals surface area contributed by atoms with Crippen LogP contribution in [0.1, 0.15) is 56.7 Å². The lowest BCUT2D eigenvalue weighted by Crippen LogP contribution is -2.26. The molecule has 0 spiro atoms. The first kappa shape index (κ1) is 25.2. The van der Waals surface area contributed by atoms with E-state index in [4.69, 9.17) is 14.2 Å². The Morgan fingerprint density at radius 2 is 1.97 bits per heavy atom. The topological polar surface area (TPSA) is 48.0 Å². The summed E-state index contributed by atoms with van der Waals surface area (Å²) >= 11 is 0. The highest BCUT2D eigenvalue weighted by Gasteiger charge is 2.26. The van der Waals surface area contributed by atoms with E-state index >= 15 is 0 Å². The molecule has 188 valence electrons. The van der Waals surface area contributed by atoms with Gasteiger partial charge in [-0.15, -0.1) is 0 Å². The largest absolute Gasteiger partial charge is 0.492 e. The fourth-order valence-corrected chi connectivity index (χ4v) is 4.40. The van der Waals surface area contributed by atoms with Gasteiger partial charge in [0.1, 0.15) is 23.4 Å². The molecule has 35 heavy (non-hydrogen) atoms. The number of esters is 1. The first-order valence-electron chi connectivity index (χ1n) is 12.5. The molecule has 6 heteroatoms. The lowest BCUT2D eigenvalue weighted by Gasteiger charge is -2.20. The number of halogens is 1. The summed E-state index contributed by atoms with van der Waals surface area (Å²) in [5.41, 5.74) is 3.47. The second kappa shape index (κ2) is 10.8. The Labute approximate surface area is 207 Å². The van der Waals surface area contributed by atoms with E-state index in [0.717, 1.165) is 66.2 Å². The summed E-state index contributed by atoms with van der Waals surface area (Å²) in [6.45, 7) is 10.4. The van der Waals surface area contributed by atoms with E-state index < -0.39 is 5.41 Å². The molecule has 2 aliphatic heterocycles. The molecule has 1 fully saturated rings. The summed E-state index contributed by atoms with van der Waals surface area (Å²) in [6.07, 6.45) is 4.67. The van der Waals surface area contributed by atoms with Crippen molar-refractivity contribution in [3.05, 3.63) is 59.2 Å². The molecule has 0 saturated carbocycles. The highest BCUT2D eigenvalue weighted by atomic mass is 19.1. The number of aryl methyl sites for hydroxylation is 1. The molecule has 0 aromatic heterocycles. The second-order valence-electron chi connectivity index (χ2n) is 10.4. The maximum absolute atomic E-state index is 12.4. The summed E-state index contributed by atoms with van der Waals surface area (Å²) in [5, 5.41) is 0. The van der Waals surface area contributed by atoms with Gasteiger partial charge in [0.2, 0.25) is 0 Å². The molecule has 1 saturated heterocycles. The Morgan fingerprint density at radius 1 is 1.20 bits per heavy atom. The van der Waals surface area contributed by atoms with Crippen molar-refractivity contribution in [1.29, 1.82) is 0 Å². The Kier molecular flexibility index (Phi) is 7.80. The van der Waals surface area contributed by atoms with Gasteiger partial charge in [-0.3, -0.25) is 14.1 Å². The van der Waals surface area contributed by atoms with Gasteiger partial charge in [-0.05, 0) is 75.4 Å². The first-order valence-corrected chi connectivity index (χ1v) is 12.5. The average Bonchev–Trinajstić information content (AvgIpc) is 3.16. The monoisotopic (exact) mass is 481 g/mol. The SMILES string of the molecule is Cc1cc2c(cc1OC(=O)C(C)(C)C)OCCC=C2c1ccc(O[C@H]2CCN(CCCF)C2)cc1. The van der Waals surface area contributed by atoms with Crippen molar-refractivity contribution in [2.45, 2.75) is 53.1 Å².